The molecule has 1 heterocycles. The van der Waals surface area contributed by atoms with Crippen LogP contribution in [0, 0.1) is 0 Å². The molecule has 0 aromatic heterocycles. The molecule has 25 heavy (non-hydrogen) atoms. The Morgan fingerprint density at radius 3 is 2.64 bits per heavy atom. The predicted octanol–water partition coefficient (Wildman–Crippen LogP) is 3.39. The minimum atomic E-state index is -0.499. The van der Waals surface area contributed by atoms with Crippen molar-refractivity contribution in [3.63, 3.8) is 0 Å². The Hall–Kier alpha value is -1.92. The molecule has 0 spiro atoms. The summed E-state index contributed by atoms with van der Waals surface area (Å²) < 4.78 is 5.24. The normalized spacial score (nSPS) is 17.4. The van der Waals surface area contributed by atoms with Gasteiger partial charge in [-0.3, -0.25) is 4.79 Å². The highest BCUT2D eigenvalue weighted by molar-refractivity contribution is 7.80. The Balaban J connectivity index is 2.56. The lowest BCUT2D eigenvalue weighted by Crippen LogP contribution is -2.49. The second-order valence-electron chi connectivity index (χ2n) is 5.76. The standard InChI is InChI=1S/C18H21ClN2O3S/c1-4-24-17(23)15-12(3)20-18(25)21(10-9-11(2)22)16(15)13-7-5-6-8-14(13)19/h5-8,16H,4,9-10H2,1-3H3,(H,20,25)/t16-/m0/s1. The minimum Gasteiger partial charge on any atom is -0.463 e. The molecule has 1 N–H and O–H groups in total. The molecule has 0 fully saturated rings. The number of nitrogens with one attached hydrogen (secondary N) is 1. The van der Waals surface area contributed by atoms with E-state index in [1.807, 2.05) is 23.1 Å². The van der Waals surface area contributed by atoms with Gasteiger partial charge in [-0.1, -0.05) is 29.8 Å². The molecule has 0 bridgehead atoms. The van der Waals surface area contributed by atoms with Crippen LogP contribution in [0.15, 0.2) is 35.5 Å². The summed E-state index contributed by atoms with van der Waals surface area (Å²) in [5.74, 6) is -0.377. The summed E-state index contributed by atoms with van der Waals surface area (Å²) in [5.41, 5.74) is 1.83. The van der Waals surface area contributed by atoms with E-state index >= 15 is 0 Å². The van der Waals surface area contributed by atoms with E-state index in [2.05, 4.69) is 5.32 Å². The van der Waals surface area contributed by atoms with Crippen molar-refractivity contribution in [2.75, 3.05) is 13.2 Å². The van der Waals surface area contributed by atoms with E-state index in [-0.39, 0.29) is 12.4 Å². The third-order valence-corrected chi connectivity index (χ3v) is 4.63. The van der Waals surface area contributed by atoms with E-state index < -0.39 is 12.0 Å². The van der Waals surface area contributed by atoms with Gasteiger partial charge in [0.05, 0.1) is 18.2 Å². The van der Waals surface area contributed by atoms with Crippen molar-refractivity contribution in [1.29, 1.82) is 0 Å². The van der Waals surface area contributed by atoms with Gasteiger partial charge in [-0.2, -0.15) is 0 Å². The molecule has 0 aliphatic carbocycles. The number of nitrogens with zero attached hydrogens (tertiary/aromatic N) is 1. The maximum atomic E-state index is 12.6. The second-order valence-corrected chi connectivity index (χ2v) is 6.55. The number of carbonyl (C=O) groups is 2. The fourth-order valence-electron chi connectivity index (χ4n) is 2.78. The van der Waals surface area contributed by atoms with Crippen LogP contribution in [-0.2, 0) is 14.3 Å². The Morgan fingerprint density at radius 2 is 2.04 bits per heavy atom. The largest absolute Gasteiger partial charge is 0.463 e. The van der Waals surface area contributed by atoms with Crippen molar-refractivity contribution in [3.05, 3.63) is 46.1 Å². The topological polar surface area (TPSA) is 58.6 Å². The number of ketones is 1. The fourth-order valence-corrected chi connectivity index (χ4v) is 3.37. The van der Waals surface area contributed by atoms with Gasteiger partial charge in [0.2, 0.25) is 0 Å². The molecule has 2 rings (SSSR count). The molecule has 0 unspecified atom stereocenters. The number of Topliss-reactive ketones (excluding diaryl/α,β-unsaturated/α-hetero) is 1. The van der Waals surface area contributed by atoms with Gasteiger partial charge in [0, 0.05) is 23.7 Å². The summed E-state index contributed by atoms with van der Waals surface area (Å²) in [5, 5.41) is 4.03. The number of esters is 1. The lowest BCUT2D eigenvalue weighted by atomic mass is 9.93. The van der Waals surface area contributed by atoms with Gasteiger partial charge in [0.25, 0.3) is 0 Å². The predicted molar refractivity (Wildman–Crippen MR) is 101 cm³/mol. The number of ether oxygens (including phenoxy) is 1. The molecule has 0 saturated carbocycles. The molecule has 1 aliphatic rings. The third kappa shape index (κ3) is 4.38. The van der Waals surface area contributed by atoms with E-state index in [4.69, 9.17) is 28.6 Å². The van der Waals surface area contributed by atoms with Crippen LogP contribution in [0.3, 0.4) is 0 Å². The zero-order valence-corrected chi connectivity index (χ0v) is 16.0. The molecule has 0 radical (unpaired) electrons. The average molecular weight is 381 g/mol. The van der Waals surface area contributed by atoms with Crippen LogP contribution < -0.4 is 5.32 Å². The number of hydrogen-bond acceptors (Lipinski definition) is 4. The van der Waals surface area contributed by atoms with Gasteiger partial charge in [-0.15, -0.1) is 0 Å². The summed E-state index contributed by atoms with van der Waals surface area (Å²) in [4.78, 5) is 25.9. The summed E-state index contributed by atoms with van der Waals surface area (Å²) in [6.07, 6.45) is 0.317. The summed E-state index contributed by atoms with van der Waals surface area (Å²) in [6, 6.07) is 6.80. The van der Waals surface area contributed by atoms with Crippen LogP contribution in [0.4, 0.5) is 0 Å². The Bertz CT molecular complexity index is 733. The van der Waals surface area contributed by atoms with Crippen molar-refractivity contribution < 1.29 is 14.3 Å². The molecule has 134 valence electrons. The smallest absolute Gasteiger partial charge is 0.338 e. The maximum Gasteiger partial charge on any atom is 0.338 e. The first-order valence-corrected chi connectivity index (χ1v) is 8.84. The van der Waals surface area contributed by atoms with Crippen molar-refractivity contribution in [3.8, 4) is 0 Å². The first kappa shape index (κ1) is 19.4. The lowest BCUT2D eigenvalue weighted by Gasteiger charge is -2.40. The van der Waals surface area contributed by atoms with E-state index in [1.165, 1.54) is 6.92 Å². The molecule has 5 nitrogen and oxygen atoms in total. The summed E-state index contributed by atoms with van der Waals surface area (Å²) >= 11 is 11.9. The van der Waals surface area contributed by atoms with Gasteiger partial charge in [-0.25, -0.2) is 4.79 Å². The SMILES string of the molecule is CCOC(=O)C1=C(C)NC(=S)N(CCC(C)=O)[C@H]1c1ccccc1Cl. The number of thiocarbonyl (C=S) groups is 1. The van der Waals surface area contributed by atoms with Crippen molar-refractivity contribution >= 4 is 40.7 Å². The second kappa shape index (κ2) is 8.45. The number of benzene rings is 1. The van der Waals surface area contributed by atoms with Gasteiger partial charge in [0.1, 0.15) is 5.78 Å². The molecular formula is C18H21ClN2O3S. The van der Waals surface area contributed by atoms with Crippen LogP contribution >= 0.6 is 23.8 Å². The van der Waals surface area contributed by atoms with Crippen LogP contribution in [-0.4, -0.2) is 34.9 Å². The van der Waals surface area contributed by atoms with Crippen molar-refractivity contribution in [1.82, 2.24) is 10.2 Å². The average Bonchev–Trinajstić information content (AvgIpc) is 2.53. The van der Waals surface area contributed by atoms with Gasteiger partial charge >= 0.3 is 5.97 Å². The van der Waals surface area contributed by atoms with E-state index in [0.29, 0.717) is 34.4 Å². The first-order valence-electron chi connectivity index (χ1n) is 8.06. The number of allylic oxidation sites excluding steroid dienone is 1. The summed E-state index contributed by atoms with van der Waals surface area (Å²) in [7, 11) is 0. The van der Waals surface area contributed by atoms with Gasteiger partial charge in [-0.05, 0) is 44.6 Å². The molecule has 1 aromatic rings. The highest BCUT2D eigenvalue weighted by Gasteiger charge is 2.37. The minimum absolute atomic E-state index is 0.0460. The Labute approximate surface area is 158 Å². The van der Waals surface area contributed by atoms with Gasteiger partial charge in [0.15, 0.2) is 5.11 Å². The molecule has 1 aliphatic heterocycles. The molecule has 7 heteroatoms. The maximum absolute atomic E-state index is 12.6. The fraction of sp³-hybridized carbons (Fsp3) is 0.389. The van der Waals surface area contributed by atoms with E-state index in [1.54, 1.807) is 19.9 Å². The number of hydrogen-bond donors (Lipinski definition) is 1. The zero-order valence-electron chi connectivity index (χ0n) is 14.5. The molecular weight excluding hydrogens is 360 g/mol. The summed E-state index contributed by atoms with van der Waals surface area (Å²) in [6.45, 7) is 5.71. The van der Waals surface area contributed by atoms with Crippen molar-refractivity contribution in [2.45, 2.75) is 33.2 Å². The molecule has 1 aromatic carbocycles. The van der Waals surface area contributed by atoms with Crippen molar-refractivity contribution in [2.24, 2.45) is 0 Å². The van der Waals surface area contributed by atoms with Crippen LogP contribution in [0.25, 0.3) is 0 Å². The van der Waals surface area contributed by atoms with Gasteiger partial charge < -0.3 is 15.0 Å². The molecule has 0 saturated heterocycles. The Morgan fingerprint density at radius 1 is 1.36 bits per heavy atom. The van der Waals surface area contributed by atoms with Crippen LogP contribution in [0.2, 0.25) is 5.02 Å². The van der Waals surface area contributed by atoms with E-state index in [0.717, 1.165) is 5.56 Å². The van der Waals surface area contributed by atoms with Crippen LogP contribution in [0.5, 0.6) is 0 Å². The first-order chi connectivity index (χ1) is 11.9. The highest BCUT2D eigenvalue weighted by atomic mass is 35.5. The monoisotopic (exact) mass is 380 g/mol. The molecule has 0 amide bonds. The third-order valence-electron chi connectivity index (χ3n) is 3.94. The quantitative estimate of drug-likeness (QED) is 0.603. The number of halogens is 1. The number of rotatable bonds is 6. The highest BCUT2D eigenvalue weighted by Crippen LogP contribution is 2.37. The molecule has 1 atom stereocenters. The van der Waals surface area contributed by atoms with Crippen LogP contribution in [0.1, 0.15) is 38.8 Å². The Kier molecular flexibility index (Phi) is 6.56. The zero-order chi connectivity index (χ0) is 18.6. The number of carbonyl (C=O) groups excluding carboxylic acids is 2. The lowest BCUT2D eigenvalue weighted by molar-refractivity contribution is -0.139. The van der Waals surface area contributed by atoms with E-state index in [9.17, 15) is 9.59 Å².